The second-order valence-electron chi connectivity index (χ2n) is 5.75. The minimum absolute atomic E-state index is 0.171. The van der Waals surface area contributed by atoms with E-state index in [2.05, 4.69) is 4.98 Å². The molecule has 0 bridgehead atoms. The van der Waals surface area contributed by atoms with Gasteiger partial charge in [-0.1, -0.05) is 17.7 Å². The lowest BCUT2D eigenvalue weighted by molar-refractivity contribution is 0.0734. The molecule has 0 unspecified atom stereocenters. The Morgan fingerprint density at radius 2 is 1.89 bits per heavy atom. The highest BCUT2D eigenvalue weighted by molar-refractivity contribution is 6.30. The summed E-state index contributed by atoms with van der Waals surface area (Å²) in [5, 5.41) is 0.531. The maximum absolute atomic E-state index is 12.4. The van der Waals surface area contributed by atoms with Gasteiger partial charge < -0.3 is 9.47 Å². The van der Waals surface area contributed by atoms with Crippen LogP contribution in [0.3, 0.4) is 0 Å². The van der Waals surface area contributed by atoms with Crippen molar-refractivity contribution < 1.29 is 19.1 Å². The van der Waals surface area contributed by atoms with Gasteiger partial charge >= 0.3 is 5.97 Å². The van der Waals surface area contributed by atoms with Gasteiger partial charge in [0.15, 0.2) is 5.76 Å². The van der Waals surface area contributed by atoms with E-state index in [0.717, 1.165) is 0 Å². The number of fused-ring (bicyclic) bond motifs is 1. The summed E-state index contributed by atoms with van der Waals surface area (Å²) in [7, 11) is 0. The van der Waals surface area contributed by atoms with Crippen molar-refractivity contribution in [3.05, 3.63) is 94.5 Å². The standard InChI is InChI=1S/C21H12ClNO4/c22-14-6-4-13(5-7-14)21(25)26-16-8-9-17-18(12-16)27-19(20(17)24)11-15-3-1-2-10-23-15/h1-12H/b19-11-. The highest BCUT2D eigenvalue weighted by Gasteiger charge is 2.28. The van der Waals surface area contributed by atoms with Crippen molar-refractivity contribution in [2.24, 2.45) is 0 Å². The van der Waals surface area contributed by atoms with Gasteiger partial charge in [-0.3, -0.25) is 9.78 Å². The molecule has 0 N–H and O–H groups in total. The first kappa shape index (κ1) is 17.0. The van der Waals surface area contributed by atoms with Gasteiger partial charge in [-0.2, -0.15) is 0 Å². The van der Waals surface area contributed by atoms with Crippen molar-refractivity contribution in [3.8, 4) is 11.5 Å². The molecule has 0 atom stereocenters. The highest BCUT2D eigenvalue weighted by Crippen LogP contribution is 2.35. The molecular formula is C21H12ClNO4. The van der Waals surface area contributed by atoms with Crippen molar-refractivity contribution in [2.45, 2.75) is 0 Å². The van der Waals surface area contributed by atoms with Gasteiger partial charge in [-0.05, 0) is 48.5 Å². The molecule has 3 aromatic rings. The van der Waals surface area contributed by atoms with Crippen LogP contribution in [-0.2, 0) is 0 Å². The fraction of sp³-hybridized carbons (Fsp3) is 0. The molecule has 2 heterocycles. The number of esters is 1. The summed E-state index contributed by atoms with van der Waals surface area (Å²) >= 11 is 5.82. The Morgan fingerprint density at radius 1 is 1.07 bits per heavy atom. The Labute approximate surface area is 159 Å². The van der Waals surface area contributed by atoms with Crippen LogP contribution in [0.1, 0.15) is 26.4 Å². The lowest BCUT2D eigenvalue weighted by Crippen LogP contribution is -2.08. The first-order valence-electron chi connectivity index (χ1n) is 8.07. The van der Waals surface area contributed by atoms with Crippen molar-refractivity contribution in [1.82, 2.24) is 4.98 Å². The van der Waals surface area contributed by atoms with E-state index in [4.69, 9.17) is 21.1 Å². The van der Waals surface area contributed by atoms with E-state index in [0.29, 0.717) is 27.6 Å². The molecule has 27 heavy (non-hydrogen) atoms. The Kier molecular flexibility index (Phi) is 4.44. The number of ether oxygens (including phenoxy) is 2. The number of ketones is 1. The van der Waals surface area contributed by atoms with E-state index in [-0.39, 0.29) is 17.3 Å². The topological polar surface area (TPSA) is 65.5 Å². The van der Waals surface area contributed by atoms with E-state index in [1.807, 2.05) is 6.07 Å². The van der Waals surface area contributed by atoms with E-state index in [1.54, 1.807) is 60.8 Å². The Balaban J connectivity index is 1.55. The molecule has 1 aliphatic rings. The molecule has 1 aromatic heterocycles. The molecule has 0 aliphatic carbocycles. The molecule has 0 fully saturated rings. The molecule has 6 heteroatoms. The summed E-state index contributed by atoms with van der Waals surface area (Å²) in [4.78, 5) is 28.8. The van der Waals surface area contributed by atoms with Gasteiger partial charge in [0, 0.05) is 23.4 Å². The third kappa shape index (κ3) is 3.59. The highest BCUT2D eigenvalue weighted by atomic mass is 35.5. The van der Waals surface area contributed by atoms with Gasteiger partial charge in [0.25, 0.3) is 0 Å². The van der Waals surface area contributed by atoms with E-state index in [9.17, 15) is 9.59 Å². The number of carbonyl (C=O) groups excluding carboxylic acids is 2. The predicted octanol–water partition coefficient (Wildman–Crippen LogP) is 4.57. The second-order valence-corrected chi connectivity index (χ2v) is 6.19. The number of rotatable bonds is 3. The van der Waals surface area contributed by atoms with E-state index >= 15 is 0 Å². The number of benzene rings is 2. The summed E-state index contributed by atoms with van der Waals surface area (Å²) in [5.74, 6) is 0.0143. The molecule has 5 nitrogen and oxygen atoms in total. The lowest BCUT2D eigenvalue weighted by atomic mass is 10.1. The number of allylic oxidation sites excluding steroid dienone is 1. The number of aromatic nitrogens is 1. The van der Waals surface area contributed by atoms with Gasteiger partial charge in [0.2, 0.25) is 5.78 Å². The lowest BCUT2D eigenvalue weighted by Gasteiger charge is -2.05. The summed E-state index contributed by atoms with van der Waals surface area (Å²) in [6.45, 7) is 0. The molecule has 0 amide bonds. The Hall–Kier alpha value is -3.44. The number of Topliss-reactive ketones (excluding diaryl/α,β-unsaturated/α-hetero) is 1. The Morgan fingerprint density at radius 3 is 2.63 bits per heavy atom. The minimum atomic E-state index is -0.528. The normalized spacial score (nSPS) is 14.0. The van der Waals surface area contributed by atoms with Crippen molar-refractivity contribution in [1.29, 1.82) is 0 Å². The molecule has 0 saturated carbocycles. The molecule has 2 aromatic carbocycles. The molecule has 4 rings (SSSR count). The van der Waals surface area contributed by atoms with Crippen LogP contribution in [0.25, 0.3) is 6.08 Å². The zero-order valence-electron chi connectivity index (χ0n) is 13.9. The molecule has 0 radical (unpaired) electrons. The van der Waals surface area contributed by atoms with Crippen molar-refractivity contribution in [2.75, 3.05) is 0 Å². The van der Waals surface area contributed by atoms with Crippen LogP contribution >= 0.6 is 11.6 Å². The summed E-state index contributed by atoms with van der Waals surface area (Å²) in [6.07, 6.45) is 3.20. The first-order chi connectivity index (χ1) is 13.1. The van der Waals surface area contributed by atoms with E-state index < -0.39 is 5.97 Å². The minimum Gasteiger partial charge on any atom is -0.452 e. The van der Waals surface area contributed by atoms with Crippen LogP contribution < -0.4 is 9.47 Å². The number of carbonyl (C=O) groups is 2. The van der Waals surface area contributed by atoms with Crippen LogP contribution in [0.5, 0.6) is 11.5 Å². The number of pyridine rings is 1. The third-order valence-electron chi connectivity index (χ3n) is 3.90. The number of hydrogen-bond acceptors (Lipinski definition) is 5. The van der Waals surface area contributed by atoms with Crippen LogP contribution in [0.15, 0.2) is 72.6 Å². The maximum Gasteiger partial charge on any atom is 0.343 e. The number of nitrogens with zero attached hydrogens (tertiary/aromatic N) is 1. The summed E-state index contributed by atoms with van der Waals surface area (Å²) < 4.78 is 11.0. The van der Waals surface area contributed by atoms with Crippen LogP contribution in [-0.4, -0.2) is 16.7 Å². The number of hydrogen-bond donors (Lipinski definition) is 0. The largest absolute Gasteiger partial charge is 0.452 e. The van der Waals surface area contributed by atoms with Crippen molar-refractivity contribution in [3.63, 3.8) is 0 Å². The smallest absolute Gasteiger partial charge is 0.343 e. The SMILES string of the molecule is O=C(Oc1ccc2c(c1)O/C(=C\c1ccccn1)C2=O)c1ccc(Cl)cc1. The average Bonchev–Trinajstić information content (AvgIpc) is 2.98. The molecule has 1 aliphatic heterocycles. The predicted molar refractivity (Wildman–Crippen MR) is 100 cm³/mol. The van der Waals surface area contributed by atoms with E-state index in [1.165, 1.54) is 6.07 Å². The van der Waals surface area contributed by atoms with Crippen molar-refractivity contribution >= 4 is 29.4 Å². The molecule has 0 spiro atoms. The van der Waals surface area contributed by atoms with Crippen LogP contribution in [0.4, 0.5) is 0 Å². The maximum atomic E-state index is 12.4. The molecule has 132 valence electrons. The third-order valence-corrected chi connectivity index (χ3v) is 4.15. The zero-order valence-corrected chi connectivity index (χ0v) is 14.6. The average molecular weight is 378 g/mol. The van der Waals surface area contributed by atoms with Gasteiger partial charge in [-0.25, -0.2) is 4.79 Å². The summed E-state index contributed by atoms with van der Waals surface area (Å²) in [5.41, 5.74) is 1.39. The Bertz CT molecular complexity index is 1060. The number of halogens is 1. The summed E-state index contributed by atoms with van der Waals surface area (Å²) in [6, 6.07) is 16.4. The first-order valence-corrected chi connectivity index (χ1v) is 8.45. The fourth-order valence-electron chi connectivity index (χ4n) is 2.58. The quantitative estimate of drug-likeness (QED) is 0.380. The van der Waals surface area contributed by atoms with Crippen LogP contribution in [0, 0.1) is 0 Å². The monoisotopic (exact) mass is 377 g/mol. The van der Waals surface area contributed by atoms with Crippen LogP contribution in [0.2, 0.25) is 5.02 Å². The van der Waals surface area contributed by atoms with Gasteiger partial charge in [0.1, 0.15) is 11.5 Å². The second kappa shape index (κ2) is 7.05. The fourth-order valence-corrected chi connectivity index (χ4v) is 2.70. The molecule has 0 saturated heterocycles. The van der Waals surface area contributed by atoms with Gasteiger partial charge in [0.05, 0.1) is 16.8 Å². The zero-order chi connectivity index (χ0) is 18.8. The molecular weight excluding hydrogens is 366 g/mol. The van der Waals surface area contributed by atoms with Gasteiger partial charge in [-0.15, -0.1) is 0 Å².